The lowest BCUT2D eigenvalue weighted by Gasteiger charge is -1.77. The molecule has 1 amide bonds. The summed E-state index contributed by atoms with van der Waals surface area (Å²) in [5, 5.41) is 0. The molecule has 0 saturated heterocycles. The molecule has 0 atom stereocenters. The zero-order chi connectivity index (χ0) is 4.99. The Balaban J connectivity index is 3.05. The molecule has 0 heterocycles. The molecule has 0 bridgehead atoms. The summed E-state index contributed by atoms with van der Waals surface area (Å²) < 4.78 is 11.0. The molecule has 0 spiro atoms. The number of thiol groups is 1. The normalized spacial score (nSPS) is 7.50. The van der Waals surface area contributed by atoms with Gasteiger partial charge in [0, 0.05) is 22.6 Å². The van der Waals surface area contributed by atoms with Gasteiger partial charge in [-0.05, 0) is 0 Å². The van der Waals surface area contributed by atoms with E-state index >= 15 is 0 Å². The maximum absolute atomic E-state index is 9.71. The largest absolute Gasteiger partial charge is 0.292 e. The second kappa shape index (κ2) is 3.54. The first-order valence-electron chi connectivity index (χ1n) is 1.05. The van der Waals surface area contributed by atoms with E-state index in [9.17, 15) is 9.00 Å². The van der Waals surface area contributed by atoms with Crippen molar-refractivity contribution in [3.05, 3.63) is 0 Å². The third kappa shape index (κ3) is 4.35. The fraction of sp³-hybridized carbons (Fsp3) is 0. The van der Waals surface area contributed by atoms with Gasteiger partial charge >= 0.3 is 0 Å². The molecule has 0 fully saturated rings. The van der Waals surface area contributed by atoms with Crippen molar-refractivity contribution in [3.63, 3.8) is 0 Å². The molecule has 0 aliphatic carbocycles. The predicted octanol–water partition coefficient (Wildman–Crippen LogP) is -0.00870. The zero-order valence-electron chi connectivity index (χ0n) is 2.64. The van der Waals surface area contributed by atoms with Crippen LogP contribution in [0.25, 0.3) is 0 Å². The predicted molar refractivity (Wildman–Crippen MR) is 32.1 cm³/mol. The summed E-state index contributed by atoms with van der Waals surface area (Å²) in [4.78, 5) is 9.71. The fourth-order valence-corrected chi connectivity index (χ4v) is 0.403. The van der Waals surface area contributed by atoms with Gasteiger partial charge in [-0.1, -0.05) is 0 Å². The Hall–Kier alpha value is 0.350. The van der Waals surface area contributed by atoms with Gasteiger partial charge in [-0.15, -0.1) is 0 Å². The Labute approximate surface area is 52.3 Å². The van der Waals surface area contributed by atoms with Crippen LogP contribution in [0.3, 0.4) is 0 Å². The number of hydrogen-bond acceptors (Lipinski definition) is 2. The first-order valence-corrected chi connectivity index (χ1v) is 2.94. The molecule has 0 aromatic rings. The van der Waals surface area contributed by atoms with Crippen molar-refractivity contribution in [1.29, 1.82) is 0 Å². The lowest BCUT2D eigenvalue weighted by molar-refractivity contribution is 0.267. The summed E-state index contributed by atoms with van der Waals surface area (Å²) in [6, 6.07) is 0. The lowest BCUT2D eigenvalue weighted by atomic mass is 11.5. The molecule has 5 heteroatoms. The number of rotatable bonds is 1. The lowest BCUT2D eigenvalue weighted by Crippen LogP contribution is -2.07. The van der Waals surface area contributed by atoms with Gasteiger partial charge in [0.25, 0.3) is 3.91 Å². The van der Waals surface area contributed by atoms with Gasteiger partial charge in [0.05, 0.1) is 0 Å². The number of carbonyl (C=O) groups excluding carboxylic acids is 1. The number of nitrogens with one attached hydrogen (secondary N) is 1. The zero-order valence-corrected chi connectivity index (χ0v) is 5.69. The van der Waals surface area contributed by atoms with Crippen LogP contribution in [-0.2, 0) is 11.9 Å². The second-order valence-electron chi connectivity index (χ2n) is 0.477. The van der Waals surface area contributed by atoms with E-state index in [4.69, 9.17) is 0 Å². The highest BCUT2D eigenvalue weighted by Crippen LogP contribution is 1.78. The Morgan fingerprint density at radius 1 is 1.83 bits per heavy atom. The van der Waals surface area contributed by atoms with E-state index in [1.54, 1.807) is 0 Å². The van der Waals surface area contributed by atoms with Crippen molar-refractivity contribution in [1.82, 2.24) is 4.72 Å². The molecule has 0 unspecified atom stereocenters. The highest BCUT2D eigenvalue weighted by Gasteiger charge is 1.81. The highest BCUT2D eigenvalue weighted by atomic mass is 127. The molecular weight excluding hydrogens is 217 g/mol. The average molecular weight is 219 g/mol. The number of halogens is 1. The molecular formula is CH2INO2S. The summed E-state index contributed by atoms with van der Waals surface area (Å²) in [6.45, 7) is 0. The van der Waals surface area contributed by atoms with Gasteiger partial charge in [-0.2, -0.15) is 0 Å². The van der Waals surface area contributed by atoms with Gasteiger partial charge < -0.3 is 0 Å². The molecule has 0 saturated carbocycles. The average Bonchev–Trinajstić information content (AvgIpc) is 1.35. The van der Waals surface area contributed by atoms with Crippen LogP contribution in [0.15, 0.2) is 0 Å². The Kier molecular flexibility index (Phi) is 3.74. The van der Waals surface area contributed by atoms with Crippen molar-refractivity contribution in [2.45, 2.75) is 0 Å². The van der Waals surface area contributed by atoms with E-state index in [-0.39, 0.29) is 15.8 Å². The van der Waals surface area contributed by atoms with E-state index in [1.165, 1.54) is 22.6 Å². The second-order valence-corrected chi connectivity index (χ2v) is 1.86. The van der Waals surface area contributed by atoms with Gasteiger partial charge in [-0.25, -0.2) is 4.21 Å². The van der Waals surface area contributed by atoms with Crippen molar-refractivity contribution >= 4 is 38.4 Å². The Morgan fingerprint density at radius 3 is 2.33 bits per heavy atom. The monoisotopic (exact) mass is 219 g/mol. The molecule has 3 nitrogen and oxygen atoms in total. The van der Waals surface area contributed by atoms with E-state index in [2.05, 4.69) is 0 Å². The highest BCUT2D eigenvalue weighted by molar-refractivity contribution is 14.1. The number of amides is 1. The molecule has 0 radical (unpaired) electrons. The van der Waals surface area contributed by atoms with Gasteiger partial charge in [-0.3, -0.25) is 9.52 Å². The maximum atomic E-state index is 9.71. The van der Waals surface area contributed by atoms with Gasteiger partial charge in [0.2, 0.25) is 0 Å². The van der Waals surface area contributed by atoms with E-state index in [1.807, 2.05) is 4.72 Å². The quantitative estimate of drug-likeness (QED) is 0.282. The topological polar surface area (TPSA) is 46.2 Å². The first-order chi connectivity index (χ1) is 2.77. The number of carbonyl (C=O) groups is 1. The molecule has 0 aromatic carbocycles. The van der Waals surface area contributed by atoms with Gasteiger partial charge in [0.15, 0.2) is 0 Å². The Bertz CT molecular complexity index is 73.9. The van der Waals surface area contributed by atoms with E-state index in [0.29, 0.717) is 0 Å². The van der Waals surface area contributed by atoms with Crippen LogP contribution in [0.5, 0.6) is 0 Å². The molecule has 0 aliphatic heterocycles. The van der Waals surface area contributed by atoms with Crippen LogP contribution in [-0.4, -0.2) is 8.12 Å². The SMILES string of the molecule is O=[SH]NC(=O)I. The van der Waals surface area contributed by atoms with Crippen molar-refractivity contribution in [2.75, 3.05) is 0 Å². The molecule has 0 rings (SSSR count). The van der Waals surface area contributed by atoms with Gasteiger partial charge in [0.1, 0.15) is 11.9 Å². The summed E-state index contributed by atoms with van der Waals surface area (Å²) in [5.74, 6) is 0. The smallest absolute Gasteiger partial charge is 0.269 e. The summed E-state index contributed by atoms with van der Waals surface area (Å²) in [7, 11) is 0. The summed E-state index contributed by atoms with van der Waals surface area (Å²) >= 11 is 1.15. The first kappa shape index (κ1) is 6.35. The number of hydrogen-bond donors (Lipinski definition) is 2. The van der Waals surface area contributed by atoms with Crippen LogP contribution in [0, 0.1) is 0 Å². The minimum absolute atomic E-state index is 0.315. The van der Waals surface area contributed by atoms with Crippen molar-refractivity contribution in [3.8, 4) is 0 Å². The summed E-state index contributed by atoms with van der Waals surface area (Å²) in [6.07, 6.45) is 0. The standard InChI is InChI=1S/CH2INO2S/c2-1(4)3-6-5/h6H,(H,3,4,5). The fourth-order valence-electron chi connectivity index (χ4n) is 0.0359. The third-order valence-electron chi connectivity index (χ3n) is 0.134. The van der Waals surface area contributed by atoms with Crippen LogP contribution >= 0.6 is 22.6 Å². The van der Waals surface area contributed by atoms with Crippen LogP contribution in [0.4, 0.5) is 4.79 Å². The third-order valence-corrected chi connectivity index (χ3v) is 1.12. The molecule has 0 aromatic heterocycles. The molecule has 36 valence electrons. The van der Waals surface area contributed by atoms with Crippen LogP contribution in [0.1, 0.15) is 0 Å². The van der Waals surface area contributed by atoms with E-state index < -0.39 is 0 Å². The minimum Gasteiger partial charge on any atom is -0.269 e. The van der Waals surface area contributed by atoms with Crippen LogP contribution in [0.2, 0.25) is 0 Å². The summed E-state index contributed by atoms with van der Waals surface area (Å²) in [5.41, 5.74) is 0. The molecule has 6 heavy (non-hydrogen) atoms. The maximum Gasteiger partial charge on any atom is 0.292 e. The Morgan fingerprint density at radius 2 is 2.33 bits per heavy atom. The van der Waals surface area contributed by atoms with Crippen molar-refractivity contribution < 1.29 is 9.00 Å². The van der Waals surface area contributed by atoms with E-state index in [0.717, 1.165) is 0 Å². The molecule has 1 N–H and O–H groups in total. The van der Waals surface area contributed by atoms with Crippen LogP contribution < -0.4 is 4.72 Å². The molecule has 0 aliphatic rings. The van der Waals surface area contributed by atoms with Crippen molar-refractivity contribution in [2.24, 2.45) is 0 Å². The minimum atomic E-state index is -0.333.